The molecule has 1 aromatic carbocycles. The van der Waals surface area contributed by atoms with Gasteiger partial charge >= 0.3 is 12.4 Å². The van der Waals surface area contributed by atoms with Crippen molar-refractivity contribution in [2.24, 2.45) is 4.99 Å². The maximum absolute atomic E-state index is 13.2. The molecular formula is C18H18F7IN4O. The maximum Gasteiger partial charge on any atom is 0.422 e. The maximum atomic E-state index is 13.2. The zero-order valence-corrected chi connectivity index (χ0v) is 18.3. The van der Waals surface area contributed by atoms with Crippen molar-refractivity contribution in [1.82, 2.24) is 15.6 Å². The Hall–Kier alpha value is -2.32. The molecule has 0 unspecified atom stereocenters. The summed E-state index contributed by atoms with van der Waals surface area (Å²) in [5.41, 5.74) is -1.05. The van der Waals surface area contributed by atoms with Crippen LogP contribution in [0, 0.1) is 5.82 Å². The van der Waals surface area contributed by atoms with Crippen LogP contribution < -0.4 is 15.4 Å². The second-order valence-electron chi connectivity index (χ2n) is 5.95. The van der Waals surface area contributed by atoms with Crippen molar-refractivity contribution in [2.75, 3.05) is 13.7 Å². The lowest BCUT2D eigenvalue weighted by Crippen LogP contribution is -2.37. The molecule has 2 N–H and O–H groups in total. The quantitative estimate of drug-likeness (QED) is 0.231. The molecule has 0 aliphatic heterocycles. The summed E-state index contributed by atoms with van der Waals surface area (Å²) >= 11 is 0. The lowest BCUT2D eigenvalue weighted by molar-refractivity contribution is -0.154. The summed E-state index contributed by atoms with van der Waals surface area (Å²) in [5, 5.41) is 5.38. The largest absolute Gasteiger partial charge is 0.468 e. The summed E-state index contributed by atoms with van der Waals surface area (Å²) < 4.78 is 94.1. The average Bonchev–Trinajstić information content (AvgIpc) is 2.66. The third-order valence-electron chi connectivity index (χ3n) is 3.72. The molecule has 0 atom stereocenters. The van der Waals surface area contributed by atoms with E-state index in [4.69, 9.17) is 0 Å². The molecule has 0 aliphatic rings. The van der Waals surface area contributed by atoms with Gasteiger partial charge in [-0.05, 0) is 23.8 Å². The van der Waals surface area contributed by atoms with Gasteiger partial charge in [0.1, 0.15) is 5.82 Å². The van der Waals surface area contributed by atoms with Crippen LogP contribution in [0.3, 0.4) is 0 Å². The van der Waals surface area contributed by atoms with Gasteiger partial charge in [0.05, 0.1) is 5.56 Å². The van der Waals surface area contributed by atoms with Gasteiger partial charge < -0.3 is 15.4 Å². The molecule has 172 valence electrons. The van der Waals surface area contributed by atoms with E-state index in [-0.39, 0.29) is 60.0 Å². The van der Waals surface area contributed by atoms with E-state index in [0.29, 0.717) is 6.07 Å². The number of halogens is 8. The number of hydrogen-bond donors (Lipinski definition) is 2. The predicted octanol–water partition coefficient (Wildman–Crippen LogP) is 4.66. The molecule has 0 radical (unpaired) electrons. The van der Waals surface area contributed by atoms with Gasteiger partial charge in [0, 0.05) is 31.9 Å². The molecule has 5 nitrogen and oxygen atoms in total. The zero-order valence-electron chi connectivity index (χ0n) is 15.9. The van der Waals surface area contributed by atoms with Crippen LogP contribution >= 0.6 is 24.0 Å². The highest BCUT2D eigenvalue weighted by atomic mass is 127. The van der Waals surface area contributed by atoms with E-state index in [9.17, 15) is 30.7 Å². The van der Waals surface area contributed by atoms with E-state index in [1.807, 2.05) is 0 Å². The fourth-order valence-corrected chi connectivity index (χ4v) is 2.38. The van der Waals surface area contributed by atoms with Gasteiger partial charge in [0.15, 0.2) is 12.6 Å². The number of aliphatic imine (C=N–C) groups is 1. The Balaban J connectivity index is 0.00000480. The van der Waals surface area contributed by atoms with Crippen molar-refractivity contribution in [2.45, 2.75) is 25.4 Å². The van der Waals surface area contributed by atoms with Crippen molar-refractivity contribution >= 4 is 29.9 Å². The molecule has 0 aliphatic carbocycles. The van der Waals surface area contributed by atoms with E-state index in [1.165, 1.54) is 25.4 Å². The molecular weight excluding hydrogens is 548 g/mol. The molecule has 0 saturated heterocycles. The molecule has 13 heteroatoms. The van der Waals surface area contributed by atoms with Gasteiger partial charge in [-0.3, -0.25) is 4.99 Å². The number of rotatable bonds is 6. The van der Waals surface area contributed by atoms with Gasteiger partial charge in [-0.1, -0.05) is 12.1 Å². The first-order chi connectivity index (χ1) is 14.0. The molecule has 0 saturated carbocycles. The molecule has 0 fully saturated rings. The van der Waals surface area contributed by atoms with Crippen molar-refractivity contribution in [1.29, 1.82) is 0 Å². The SMILES string of the molecule is CN=C(NCc1ccc(F)cc1C(F)(F)F)NCc1cccnc1OCC(F)(F)F.I. The van der Waals surface area contributed by atoms with Crippen molar-refractivity contribution < 1.29 is 35.5 Å². The number of benzene rings is 1. The van der Waals surface area contributed by atoms with Crippen LogP contribution in [0.15, 0.2) is 41.5 Å². The topological polar surface area (TPSA) is 58.5 Å². The number of nitrogens with zero attached hydrogens (tertiary/aromatic N) is 2. The minimum atomic E-state index is -4.74. The number of alkyl halides is 6. The smallest absolute Gasteiger partial charge is 0.422 e. The molecule has 1 aromatic heterocycles. The minimum Gasteiger partial charge on any atom is -0.468 e. The van der Waals surface area contributed by atoms with Gasteiger partial charge in [-0.2, -0.15) is 26.3 Å². The number of nitrogens with one attached hydrogen (secondary N) is 2. The normalized spacial score (nSPS) is 12.2. The molecule has 31 heavy (non-hydrogen) atoms. The van der Waals surface area contributed by atoms with Crippen molar-refractivity contribution in [3.63, 3.8) is 0 Å². The number of pyridine rings is 1. The highest BCUT2D eigenvalue weighted by Gasteiger charge is 2.33. The average molecular weight is 566 g/mol. The van der Waals surface area contributed by atoms with Crippen LogP contribution in [0.2, 0.25) is 0 Å². The molecule has 1 heterocycles. The number of aromatic nitrogens is 1. The van der Waals surface area contributed by atoms with Crippen LogP contribution in [-0.2, 0) is 19.3 Å². The van der Waals surface area contributed by atoms with E-state index < -0.39 is 30.3 Å². The molecule has 0 bridgehead atoms. The lowest BCUT2D eigenvalue weighted by atomic mass is 10.1. The monoisotopic (exact) mass is 566 g/mol. The third-order valence-corrected chi connectivity index (χ3v) is 3.72. The Kier molecular flexibility index (Phi) is 9.77. The second-order valence-corrected chi connectivity index (χ2v) is 5.95. The summed E-state index contributed by atoms with van der Waals surface area (Å²) in [4.78, 5) is 7.58. The third kappa shape index (κ3) is 8.75. The first-order valence-electron chi connectivity index (χ1n) is 8.43. The van der Waals surface area contributed by atoms with Crippen LogP contribution in [0.4, 0.5) is 30.7 Å². The highest BCUT2D eigenvalue weighted by molar-refractivity contribution is 14.0. The summed E-state index contributed by atoms with van der Waals surface area (Å²) in [5.74, 6) is -1.19. The van der Waals surface area contributed by atoms with Gasteiger partial charge in [0.2, 0.25) is 5.88 Å². The summed E-state index contributed by atoms with van der Waals surface area (Å²) in [6.45, 7) is -1.90. The van der Waals surface area contributed by atoms with Crippen LogP contribution in [0.1, 0.15) is 16.7 Å². The fourth-order valence-electron chi connectivity index (χ4n) is 2.38. The molecule has 2 rings (SSSR count). The van der Waals surface area contributed by atoms with Gasteiger partial charge in [-0.15, -0.1) is 24.0 Å². The molecule has 0 amide bonds. The molecule has 2 aromatic rings. The first-order valence-corrected chi connectivity index (χ1v) is 8.43. The Bertz CT molecular complexity index is 888. The van der Waals surface area contributed by atoms with Gasteiger partial charge in [0.25, 0.3) is 0 Å². The first kappa shape index (κ1) is 26.7. The van der Waals surface area contributed by atoms with Crippen LogP contribution in [0.25, 0.3) is 0 Å². The highest BCUT2D eigenvalue weighted by Crippen LogP contribution is 2.32. The van der Waals surface area contributed by atoms with E-state index >= 15 is 0 Å². The van der Waals surface area contributed by atoms with E-state index in [2.05, 4.69) is 25.3 Å². The van der Waals surface area contributed by atoms with Crippen molar-refractivity contribution in [3.05, 3.63) is 59.0 Å². The zero-order chi connectivity index (χ0) is 22.4. The Morgan fingerprint density at radius 1 is 1.03 bits per heavy atom. The Morgan fingerprint density at radius 2 is 1.68 bits per heavy atom. The number of hydrogen-bond acceptors (Lipinski definition) is 3. The van der Waals surface area contributed by atoms with E-state index in [0.717, 1.165) is 12.1 Å². The summed E-state index contributed by atoms with van der Waals surface area (Å²) in [6.07, 6.45) is -8.02. The second kappa shape index (κ2) is 11.3. The summed E-state index contributed by atoms with van der Waals surface area (Å²) in [7, 11) is 1.36. The standard InChI is InChI=1S/C18H17F7N4O.HI/c1-26-16(28-8-11-4-5-13(19)7-14(11)18(23,24)25)29-9-12-3-2-6-27-15(12)30-10-17(20,21)22;/h2-7H,8-10H2,1H3,(H2,26,28,29);1H. The fraction of sp³-hybridized carbons (Fsp3) is 0.333. The number of ether oxygens (including phenoxy) is 1. The Labute approximate surface area is 190 Å². The van der Waals surface area contributed by atoms with Crippen molar-refractivity contribution in [3.8, 4) is 5.88 Å². The van der Waals surface area contributed by atoms with Gasteiger partial charge in [-0.25, -0.2) is 9.37 Å². The minimum absolute atomic E-state index is 0. The van der Waals surface area contributed by atoms with E-state index in [1.54, 1.807) is 0 Å². The molecule has 0 spiro atoms. The van der Waals surface area contributed by atoms with Crippen LogP contribution in [-0.4, -0.2) is 30.8 Å². The van der Waals surface area contributed by atoms with Crippen LogP contribution in [0.5, 0.6) is 5.88 Å². The lowest BCUT2D eigenvalue weighted by Gasteiger charge is -2.17. The number of guanidine groups is 1. The Morgan fingerprint density at radius 3 is 2.26 bits per heavy atom. The summed E-state index contributed by atoms with van der Waals surface area (Å²) in [6, 6.07) is 5.26. The predicted molar refractivity (Wildman–Crippen MR) is 110 cm³/mol.